The van der Waals surface area contributed by atoms with Crippen LogP contribution in [0.2, 0.25) is 0 Å². The van der Waals surface area contributed by atoms with E-state index in [0.29, 0.717) is 23.7 Å². The number of rotatable bonds is 9. The number of nitrogen functional groups attached to an aromatic ring is 1. The Labute approximate surface area is 289 Å². The maximum atomic E-state index is 12.6. The number of nitrogens with zero attached hydrogens (tertiary/aromatic N) is 3. The molecule has 2 atom stereocenters. The quantitative estimate of drug-likeness (QED) is 0.0846. The van der Waals surface area contributed by atoms with Crippen molar-refractivity contribution >= 4 is 61.4 Å². The van der Waals surface area contributed by atoms with E-state index >= 15 is 0 Å². The van der Waals surface area contributed by atoms with Crippen molar-refractivity contribution in [1.82, 2.24) is 30.5 Å². The van der Waals surface area contributed by atoms with Crippen LogP contribution in [0.3, 0.4) is 0 Å². The number of nitrogens with one attached hydrogen (secondary N) is 4. The first-order valence-corrected chi connectivity index (χ1v) is 16.8. The van der Waals surface area contributed by atoms with Crippen LogP contribution in [-0.2, 0) is 9.53 Å². The van der Waals surface area contributed by atoms with E-state index in [0.717, 1.165) is 49.9 Å². The third kappa shape index (κ3) is 10.0. The minimum atomic E-state index is -0.710. The summed E-state index contributed by atoms with van der Waals surface area (Å²) in [5.41, 5.74) is 17.4. The fourth-order valence-corrected chi connectivity index (χ4v) is 5.47. The predicted octanol–water partition coefficient (Wildman–Crippen LogP) is 7.46. The average molecular weight is 721 g/mol. The van der Waals surface area contributed by atoms with Gasteiger partial charge in [0.2, 0.25) is 5.91 Å². The van der Waals surface area contributed by atoms with Gasteiger partial charge in [0.15, 0.2) is 5.65 Å². The van der Waals surface area contributed by atoms with E-state index in [1.165, 1.54) is 0 Å². The first-order chi connectivity index (χ1) is 22.6. The second-order valence-electron chi connectivity index (χ2n) is 13.6. The Bertz CT molecular complexity index is 1860. The molecule has 0 bridgehead atoms. The summed E-state index contributed by atoms with van der Waals surface area (Å²) in [6.07, 6.45) is 4.37. The van der Waals surface area contributed by atoms with Gasteiger partial charge >= 0.3 is 6.09 Å². The third-order valence-corrected chi connectivity index (χ3v) is 7.72. The predicted molar refractivity (Wildman–Crippen MR) is 195 cm³/mol. The number of hydrogen-bond donors (Lipinski definition) is 6. The second kappa shape index (κ2) is 15.6. The minimum Gasteiger partial charge on any atom is -0.444 e. The number of hydrogen-bond acceptors (Lipinski definition) is 8. The van der Waals surface area contributed by atoms with E-state index in [4.69, 9.17) is 16.2 Å². The Hall–Kier alpha value is -4.49. The highest BCUT2D eigenvalue weighted by Crippen LogP contribution is 2.29. The first kappa shape index (κ1) is 36.3. The van der Waals surface area contributed by atoms with Crippen LogP contribution in [0.25, 0.3) is 33.2 Å². The maximum Gasteiger partial charge on any atom is 0.408 e. The maximum absolute atomic E-state index is 12.6. The van der Waals surface area contributed by atoms with Crippen LogP contribution < -0.4 is 22.1 Å². The van der Waals surface area contributed by atoms with Gasteiger partial charge in [0.1, 0.15) is 17.5 Å². The molecular weight excluding hydrogens is 674 g/mol. The van der Waals surface area contributed by atoms with E-state index in [2.05, 4.69) is 77.7 Å². The Balaban J connectivity index is 0.000000217. The van der Waals surface area contributed by atoms with Crippen molar-refractivity contribution in [3.8, 4) is 11.1 Å². The van der Waals surface area contributed by atoms with Crippen LogP contribution in [0, 0.1) is 11.8 Å². The molecule has 13 heteroatoms. The summed E-state index contributed by atoms with van der Waals surface area (Å²) in [4.78, 5) is 36.9. The van der Waals surface area contributed by atoms with Crippen molar-refractivity contribution in [1.29, 1.82) is 0 Å². The molecule has 0 spiro atoms. The lowest BCUT2D eigenvalue weighted by Crippen LogP contribution is -2.46. The number of fused-ring (bicyclic) bond motifs is 2. The summed E-state index contributed by atoms with van der Waals surface area (Å²) >= 11 is 3.34. The number of nitrogens with two attached hydrogens (primary N) is 2. The van der Waals surface area contributed by atoms with Crippen molar-refractivity contribution in [2.75, 3.05) is 11.1 Å². The van der Waals surface area contributed by atoms with E-state index in [-0.39, 0.29) is 17.9 Å². The number of pyridine rings is 1. The number of aromatic amines is 2. The molecule has 0 aliphatic carbocycles. The lowest BCUT2D eigenvalue weighted by molar-refractivity contribution is -0.118. The average Bonchev–Trinajstić information content (AvgIpc) is 3.64. The number of ether oxygens (including phenoxy) is 1. The molecule has 3 heterocycles. The van der Waals surface area contributed by atoms with Gasteiger partial charge in [-0.3, -0.25) is 9.89 Å². The molecule has 0 aliphatic heterocycles. The molecule has 0 saturated carbocycles. The topological polar surface area (TPSA) is 190 Å². The minimum absolute atomic E-state index is 0.0673. The number of halogens is 1. The lowest BCUT2D eigenvalue weighted by atomic mass is 10.0. The van der Waals surface area contributed by atoms with Gasteiger partial charge in [-0.25, -0.2) is 14.8 Å². The number of aromatic nitrogens is 5. The number of H-pyrrole nitrogens is 2. The molecule has 5 rings (SSSR count). The molecule has 0 fully saturated rings. The van der Waals surface area contributed by atoms with E-state index < -0.39 is 17.7 Å². The highest BCUT2D eigenvalue weighted by molar-refractivity contribution is 9.10. The smallest absolute Gasteiger partial charge is 0.408 e. The normalized spacial score (nSPS) is 12.9. The first-order valence-electron chi connectivity index (χ1n) is 16.0. The molecule has 8 N–H and O–H groups in total. The molecular formula is C35H46BrN9O3. The van der Waals surface area contributed by atoms with Crippen molar-refractivity contribution < 1.29 is 14.3 Å². The summed E-state index contributed by atoms with van der Waals surface area (Å²) in [5.74, 6) is 1.27. The van der Waals surface area contributed by atoms with E-state index in [1.54, 1.807) is 51.4 Å². The molecule has 5 aromatic rings. The number of imidazole rings is 1. The molecule has 3 aromatic heterocycles. The molecule has 0 unspecified atom stereocenters. The Morgan fingerprint density at radius 3 is 2.44 bits per heavy atom. The zero-order chi connectivity index (χ0) is 35.2. The number of benzene rings is 2. The van der Waals surface area contributed by atoms with Gasteiger partial charge in [-0.05, 0) is 93.0 Å². The van der Waals surface area contributed by atoms with Gasteiger partial charge in [-0.15, -0.1) is 0 Å². The van der Waals surface area contributed by atoms with Crippen molar-refractivity contribution in [2.24, 2.45) is 17.6 Å². The summed E-state index contributed by atoms with van der Waals surface area (Å²) in [7, 11) is 0. The highest BCUT2D eigenvalue weighted by atomic mass is 79.9. The molecule has 48 heavy (non-hydrogen) atoms. The summed E-state index contributed by atoms with van der Waals surface area (Å²) in [6.45, 7) is 13.6. The standard InChI is InChI=1S/C18H20N6.C17H26BrN3O3/c1-10(2)7-14(19)18-22-15-4-3-11(8-16(15)23-18)12-5-6-20-17-13(12)9-21-24-17;1-10(2)8-14(21-16(23)24-17(3,4)5)15(22)20-13-9-11(18)6-7-12(13)19/h3-6,8-10,14H,7,19H2,1-2H3,(H,22,23)(H,20,21,24);6-7,9-10,14H,8,19H2,1-5H3,(H,20,22)(H,21,23)/t2*14-/m11/s1. The Morgan fingerprint density at radius 2 is 1.75 bits per heavy atom. The molecule has 0 saturated heterocycles. The fourth-order valence-electron chi connectivity index (χ4n) is 5.10. The molecule has 2 aromatic carbocycles. The van der Waals surface area contributed by atoms with Crippen LogP contribution in [0.5, 0.6) is 0 Å². The number of amides is 2. The lowest BCUT2D eigenvalue weighted by Gasteiger charge is -2.24. The van der Waals surface area contributed by atoms with Crippen LogP contribution in [-0.4, -0.2) is 48.8 Å². The van der Waals surface area contributed by atoms with Crippen LogP contribution in [0.1, 0.15) is 73.2 Å². The van der Waals surface area contributed by atoms with Crippen molar-refractivity contribution in [2.45, 2.75) is 79.0 Å². The zero-order valence-electron chi connectivity index (χ0n) is 28.5. The van der Waals surface area contributed by atoms with Crippen LogP contribution >= 0.6 is 15.9 Å². The van der Waals surface area contributed by atoms with Crippen LogP contribution in [0.15, 0.2) is 59.3 Å². The van der Waals surface area contributed by atoms with Gasteiger partial charge < -0.3 is 31.8 Å². The van der Waals surface area contributed by atoms with Gasteiger partial charge in [-0.2, -0.15) is 5.10 Å². The summed E-state index contributed by atoms with van der Waals surface area (Å²) in [5, 5.41) is 13.4. The SMILES string of the molecule is CC(C)C[C@@H](N)c1nc2ccc(-c3ccnc4[nH]ncc34)cc2[nH]1.CC(C)C[C@@H](NC(=O)OC(C)(C)C)C(=O)Nc1cc(Br)ccc1N. The number of anilines is 2. The number of alkyl carbamates (subject to hydrolysis) is 1. The largest absolute Gasteiger partial charge is 0.444 e. The monoisotopic (exact) mass is 719 g/mol. The fraction of sp³-hybridized carbons (Fsp3) is 0.400. The molecule has 2 amide bonds. The molecule has 0 radical (unpaired) electrons. The van der Waals surface area contributed by atoms with E-state index in [1.807, 2.05) is 26.0 Å². The van der Waals surface area contributed by atoms with Gasteiger partial charge in [-0.1, -0.05) is 49.7 Å². The molecule has 12 nitrogen and oxygen atoms in total. The van der Waals surface area contributed by atoms with Crippen molar-refractivity contribution in [3.63, 3.8) is 0 Å². The number of carbonyl (C=O) groups is 2. The highest BCUT2D eigenvalue weighted by Gasteiger charge is 2.25. The third-order valence-electron chi connectivity index (χ3n) is 7.23. The van der Waals surface area contributed by atoms with Crippen LogP contribution in [0.4, 0.5) is 16.2 Å². The number of carbonyl (C=O) groups excluding carboxylic acids is 2. The van der Waals surface area contributed by atoms with Crippen molar-refractivity contribution in [3.05, 3.63) is 65.2 Å². The molecule has 0 aliphatic rings. The second-order valence-corrected chi connectivity index (χ2v) is 14.5. The zero-order valence-corrected chi connectivity index (χ0v) is 30.1. The van der Waals surface area contributed by atoms with Gasteiger partial charge in [0, 0.05) is 16.1 Å². The molecule has 256 valence electrons. The Kier molecular flexibility index (Phi) is 11.8. The van der Waals surface area contributed by atoms with Gasteiger partial charge in [0.25, 0.3) is 0 Å². The summed E-state index contributed by atoms with van der Waals surface area (Å²) < 4.78 is 6.03. The Morgan fingerprint density at radius 1 is 1.02 bits per heavy atom. The van der Waals surface area contributed by atoms with E-state index in [9.17, 15) is 9.59 Å². The summed E-state index contributed by atoms with van der Waals surface area (Å²) in [6, 6.07) is 12.6. The van der Waals surface area contributed by atoms with Gasteiger partial charge in [0.05, 0.1) is 34.6 Å².